The molecule has 3 N–H and O–H groups in total. The van der Waals surface area contributed by atoms with E-state index >= 15 is 0 Å². The van der Waals surface area contributed by atoms with Gasteiger partial charge in [0, 0.05) is 14.0 Å². The highest BCUT2D eigenvalue weighted by Gasteiger charge is 2.11. The fraction of sp³-hybridized carbons (Fsp3) is 0.222. The first-order valence-corrected chi connectivity index (χ1v) is 3.94. The van der Waals surface area contributed by atoms with Crippen molar-refractivity contribution in [3.8, 4) is 11.5 Å². The van der Waals surface area contributed by atoms with E-state index in [2.05, 4.69) is 4.99 Å². The normalized spacial score (nSPS) is 11.5. The van der Waals surface area contributed by atoms with E-state index in [9.17, 15) is 4.39 Å². The number of nitrogens with two attached hydrogens (primary N) is 1. The van der Waals surface area contributed by atoms with Crippen molar-refractivity contribution in [2.45, 2.75) is 6.92 Å². The summed E-state index contributed by atoms with van der Waals surface area (Å²) in [6, 6.07) is 2.55. The molecule has 14 heavy (non-hydrogen) atoms. The number of nitrogen functional groups attached to an aromatic ring is 1. The first-order valence-electron chi connectivity index (χ1n) is 3.94. The minimum Gasteiger partial charge on any atom is -0.506 e. The molecule has 1 aromatic carbocycles. The fourth-order valence-electron chi connectivity index (χ4n) is 0.846. The van der Waals surface area contributed by atoms with Crippen molar-refractivity contribution in [2.75, 3.05) is 12.8 Å². The van der Waals surface area contributed by atoms with Crippen LogP contribution in [0.25, 0.3) is 0 Å². The smallest absolute Gasteiger partial charge is 0.192 e. The lowest BCUT2D eigenvalue weighted by Crippen LogP contribution is -2.05. The molecule has 0 bridgehead atoms. The average molecular weight is 198 g/mol. The molecule has 5 heteroatoms. The van der Waals surface area contributed by atoms with Gasteiger partial charge in [-0.3, -0.25) is 4.99 Å². The molecule has 0 heterocycles. The van der Waals surface area contributed by atoms with Gasteiger partial charge in [-0.2, -0.15) is 0 Å². The van der Waals surface area contributed by atoms with Gasteiger partial charge in [0.2, 0.25) is 0 Å². The Morgan fingerprint density at radius 1 is 1.57 bits per heavy atom. The van der Waals surface area contributed by atoms with Crippen LogP contribution in [0.5, 0.6) is 11.5 Å². The summed E-state index contributed by atoms with van der Waals surface area (Å²) in [5, 5.41) is 9.07. The number of benzene rings is 1. The molecular formula is C9H11FN2O2. The van der Waals surface area contributed by atoms with Crippen molar-refractivity contribution in [1.82, 2.24) is 0 Å². The maximum absolute atomic E-state index is 13.3. The molecule has 0 fully saturated rings. The number of aliphatic imine (C=N–C) groups is 1. The van der Waals surface area contributed by atoms with Crippen LogP contribution in [0.4, 0.5) is 10.1 Å². The van der Waals surface area contributed by atoms with Crippen molar-refractivity contribution in [2.24, 2.45) is 4.99 Å². The summed E-state index contributed by atoms with van der Waals surface area (Å²) in [4.78, 5) is 3.70. The number of aromatic hydroxyl groups is 1. The lowest BCUT2D eigenvalue weighted by molar-refractivity contribution is 0.458. The number of nitrogens with zero attached hydrogens (tertiary/aromatic N) is 1. The topological polar surface area (TPSA) is 67.8 Å². The van der Waals surface area contributed by atoms with Gasteiger partial charge in [0.1, 0.15) is 11.4 Å². The molecule has 0 saturated heterocycles. The van der Waals surface area contributed by atoms with Gasteiger partial charge in [-0.25, -0.2) is 4.39 Å². The van der Waals surface area contributed by atoms with Crippen LogP contribution in [-0.2, 0) is 0 Å². The highest BCUT2D eigenvalue weighted by Crippen LogP contribution is 2.30. The largest absolute Gasteiger partial charge is 0.506 e. The van der Waals surface area contributed by atoms with Crippen molar-refractivity contribution in [3.05, 3.63) is 17.9 Å². The second-order valence-electron chi connectivity index (χ2n) is 2.66. The number of halogens is 1. The molecule has 0 spiro atoms. The van der Waals surface area contributed by atoms with E-state index in [1.54, 1.807) is 6.92 Å². The van der Waals surface area contributed by atoms with Crippen LogP contribution in [0.1, 0.15) is 6.92 Å². The monoisotopic (exact) mass is 198 g/mol. The molecule has 0 saturated carbocycles. The Morgan fingerprint density at radius 3 is 2.79 bits per heavy atom. The van der Waals surface area contributed by atoms with E-state index < -0.39 is 5.82 Å². The summed E-state index contributed by atoms with van der Waals surface area (Å²) >= 11 is 0. The lowest BCUT2D eigenvalue weighted by atomic mass is 10.2. The SMILES string of the molecule is CN=C(C)Oc1ccc(O)c(N)c1F. The number of phenolic OH excluding ortho intramolecular Hbond substituents is 1. The molecule has 0 aliphatic carbocycles. The number of anilines is 1. The molecule has 0 aromatic heterocycles. The molecule has 1 rings (SSSR count). The van der Waals surface area contributed by atoms with Crippen LogP contribution in [0.3, 0.4) is 0 Å². The summed E-state index contributed by atoms with van der Waals surface area (Å²) in [5.74, 6) is -0.827. The maximum Gasteiger partial charge on any atom is 0.192 e. The summed E-state index contributed by atoms with van der Waals surface area (Å²) in [6.07, 6.45) is 0. The molecule has 1 aromatic rings. The van der Waals surface area contributed by atoms with E-state index in [0.717, 1.165) is 0 Å². The van der Waals surface area contributed by atoms with Crippen LogP contribution < -0.4 is 10.5 Å². The van der Waals surface area contributed by atoms with Gasteiger partial charge in [-0.05, 0) is 12.1 Å². The third-order valence-electron chi connectivity index (χ3n) is 1.69. The molecule has 0 amide bonds. The van der Waals surface area contributed by atoms with E-state index in [-0.39, 0.29) is 17.2 Å². The number of hydrogen-bond donors (Lipinski definition) is 2. The predicted octanol–water partition coefficient (Wildman–Crippen LogP) is 1.54. The zero-order chi connectivity index (χ0) is 10.7. The van der Waals surface area contributed by atoms with Gasteiger partial charge in [-0.1, -0.05) is 0 Å². The molecular weight excluding hydrogens is 187 g/mol. The van der Waals surface area contributed by atoms with Crippen LogP contribution in [0, 0.1) is 5.82 Å². The first-order chi connectivity index (χ1) is 6.56. The number of ether oxygens (including phenoxy) is 1. The average Bonchev–Trinajstić information content (AvgIpc) is 2.19. The highest BCUT2D eigenvalue weighted by atomic mass is 19.1. The van der Waals surface area contributed by atoms with Gasteiger partial charge in [0.25, 0.3) is 0 Å². The number of rotatable bonds is 1. The van der Waals surface area contributed by atoms with Crippen LogP contribution >= 0.6 is 0 Å². The van der Waals surface area contributed by atoms with Crippen LogP contribution in [0.15, 0.2) is 17.1 Å². The molecule has 0 aliphatic heterocycles. The quantitative estimate of drug-likeness (QED) is 0.311. The maximum atomic E-state index is 13.3. The van der Waals surface area contributed by atoms with Crippen molar-refractivity contribution >= 4 is 11.6 Å². The minimum absolute atomic E-state index is 0.0524. The van der Waals surface area contributed by atoms with Gasteiger partial charge >= 0.3 is 0 Å². The molecule has 0 aliphatic rings. The first kappa shape index (κ1) is 10.3. The summed E-state index contributed by atoms with van der Waals surface area (Å²) < 4.78 is 18.3. The second-order valence-corrected chi connectivity index (χ2v) is 2.66. The Hall–Kier alpha value is -1.78. The van der Waals surface area contributed by atoms with Gasteiger partial charge in [0.05, 0.1) is 0 Å². The standard InChI is InChI=1S/C9H11FN2O2/c1-5(12-2)14-7-4-3-6(13)9(11)8(7)10/h3-4,13H,11H2,1-2H3. The van der Waals surface area contributed by atoms with E-state index in [4.69, 9.17) is 15.6 Å². The Bertz CT molecular complexity index is 377. The van der Waals surface area contributed by atoms with E-state index in [0.29, 0.717) is 5.90 Å². The van der Waals surface area contributed by atoms with E-state index in [1.807, 2.05) is 0 Å². The zero-order valence-corrected chi connectivity index (χ0v) is 7.91. The third kappa shape index (κ3) is 1.93. The van der Waals surface area contributed by atoms with Crippen molar-refractivity contribution in [3.63, 3.8) is 0 Å². The Kier molecular flexibility index (Phi) is 2.91. The number of hydrogen-bond acceptors (Lipinski definition) is 4. The Labute approximate surface area is 80.8 Å². The summed E-state index contributed by atoms with van der Waals surface area (Å²) in [5.41, 5.74) is 4.93. The summed E-state index contributed by atoms with van der Waals surface area (Å²) in [6.45, 7) is 1.59. The highest BCUT2D eigenvalue weighted by molar-refractivity contribution is 5.76. The van der Waals surface area contributed by atoms with Crippen LogP contribution in [-0.4, -0.2) is 18.1 Å². The zero-order valence-electron chi connectivity index (χ0n) is 7.91. The van der Waals surface area contributed by atoms with Gasteiger partial charge < -0.3 is 15.6 Å². The molecule has 76 valence electrons. The van der Waals surface area contributed by atoms with Gasteiger partial charge in [0.15, 0.2) is 17.5 Å². The van der Waals surface area contributed by atoms with Crippen LogP contribution in [0.2, 0.25) is 0 Å². The Balaban J connectivity index is 3.06. The lowest BCUT2D eigenvalue weighted by Gasteiger charge is -2.07. The number of phenols is 1. The minimum atomic E-state index is -0.784. The van der Waals surface area contributed by atoms with Crippen molar-refractivity contribution in [1.29, 1.82) is 0 Å². The fourth-order valence-corrected chi connectivity index (χ4v) is 0.846. The Morgan fingerprint density at radius 2 is 2.21 bits per heavy atom. The molecule has 0 atom stereocenters. The third-order valence-corrected chi connectivity index (χ3v) is 1.69. The van der Waals surface area contributed by atoms with Gasteiger partial charge in [-0.15, -0.1) is 0 Å². The predicted molar refractivity (Wildman–Crippen MR) is 52.1 cm³/mol. The molecule has 0 unspecified atom stereocenters. The molecule has 0 radical (unpaired) electrons. The van der Waals surface area contributed by atoms with Crippen molar-refractivity contribution < 1.29 is 14.2 Å². The summed E-state index contributed by atoms with van der Waals surface area (Å²) in [7, 11) is 1.52. The second kappa shape index (κ2) is 3.95. The van der Waals surface area contributed by atoms with E-state index in [1.165, 1.54) is 19.2 Å². The molecule has 4 nitrogen and oxygen atoms in total.